The van der Waals surface area contributed by atoms with Crippen LogP contribution >= 0.6 is 0 Å². The van der Waals surface area contributed by atoms with Crippen LogP contribution in [0.25, 0.3) is 76.1 Å². The first kappa shape index (κ1) is 24.8. The molecule has 0 N–H and O–H groups in total. The third kappa shape index (κ3) is 3.83. The zero-order chi connectivity index (χ0) is 28.2. The summed E-state index contributed by atoms with van der Waals surface area (Å²) in [5.74, 6) is 0.556. The molecule has 0 atom stereocenters. The van der Waals surface area contributed by atoms with Crippen molar-refractivity contribution in [1.29, 1.82) is 0 Å². The lowest BCUT2D eigenvalue weighted by Crippen LogP contribution is -1.98. The van der Waals surface area contributed by atoms with Crippen LogP contribution in [0.3, 0.4) is 0 Å². The van der Waals surface area contributed by atoms with Crippen LogP contribution in [0, 0.1) is 5.92 Å². The summed E-state index contributed by atoms with van der Waals surface area (Å²) >= 11 is 0. The molecule has 0 aromatic heterocycles. The van der Waals surface area contributed by atoms with Gasteiger partial charge in [-0.2, -0.15) is 0 Å². The van der Waals surface area contributed by atoms with Gasteiger partial charge in [0.1, 0.15) is 0 Å². The Bertz CT molecular complexity index is 2230. The van der Waals surface area contributed by atoms with Crippen molar-refractivity contribution in [3.8, 4) is 22.3 Å². The van der Waals surface area contributed by atoms with Crippen LogP contribution in [0.2, 0.25) is 0 Å². The summed E-state index contributed by atoms with van der Waals surface area (Å²) in [4.78, 5) is 0. The topological polar surface area (TPSA) is 0 Å². The van der Waals surface area contributed by atoms with E-state index in [4.69, 9.17) is 0 Å². The molecule has 0 radical (unpaired) electrons. The molecule has 8 rings (SSSR count). The van der Waals surface area contributed by atoms with Crippen molar-refractivity contribution in [3.05, 3.63) is 145 Å². The number of fused-ring (bicyclic) bond motifs is 6. The first-order valence-corrected chi connectivity index (χ1v) is 15.0. The maximum atomic E-state index is 2.51. The van der Waals surface area contributed by atoms with Crippen LogP contribution in [-0.2, 0) is 6.42 Å². The van der Waals surface area contributed by atoms with E-state index in [2.05, 4.69) is 153 Å². The number of benzene rings is 8. The molecule has 0 aliphatic heterocycles. The maximum absolute atomic E-state index is 2.51. The molecule has 0 aliphatic rings. The highest BCUT2D eigenvalue weighted by atomic mass is 14.2. The largest absolute Gasteiger partial charge is 0.0625 e. The van der Waals surface area contributed by atoms with Crippen LogP contribution in [0.4, 0.5) is 0 Å². The second kappa shape index (κ2) is 9.86. The first-order valence-electron chi connectivity index (χ1n) is 15.0. The summed E-state index contributed by atoms with van der Waals surface area (Å²) in [6.45, 7) is 4.66. The molecule has 0 nitrogen and oxygen atoms in total. The Balaban J connectivity index is 1.59. The standard InChI is InChI=1S/C42H32/c1-27(2)24-37-30-17-7-6-16-29(30)25-38-31-18-8-9-19-32(31)40(26-39(37)38)42-35-22-12-10-20-33(35)41(28-14-4-3-5-15-28)34-21-11-13-23-36(34)42/h3-23,25-27H,24H2,1-2H3. The molecule has 0 heteroatoms. The van der Waals surface area contributed by atoms with Gasteiger partial charge in [-0.05, 0) is 106 Å². The SMILES string of the molecule is CC(C)Cc1c2ccccc2cc2c1cc(-c1c3ccccc3c(-c3ccccc3)c3ccccc13)c1ccccc12. The molecular formula is C42H32. The Morgan fingerprint density at radius 2 is 0.905 bits per heavy atom. The molecule has 0 amide bonds. The zero-order valence-corrected chi connectivity index (χ0v) is 24.1. The van der Waals surface area contributed by atoms with E-state index in [0.29, 0.717) is 5.92 Å². The van der Waals surface area contributed by atoms with Gasteiger partial charge in [-0.25, -0.2) is 0 Å². The van der Waals surface area contributed by atoms with Gasteiger partial charge in [-0.1, -0.05) is 141 Å². The van der Waals surface area contributed by atoms with E-state index in [1.807, 2.05) is 0 Å². The number of hydrogen-bond acceptors (Lipinski definition) is 0. The van der Waals surface area contributed by atoms with Gasteiger partial charge in [-0.3, -0.25) is 0 Å². The lowest BCUT2D eigenvalue weighted by molar-refractivity contribution is 0.653. The van der Waals surface area contributed by atoms with Gasteiger partial charge in [-0.15, -0.1) is 0 Å². The fraction of sp³-hybridized carbons (Fsp3) is 0.0952. The van der Waals surface area contributed by atoms with Crippen molar-refractivity contribution in [3.63, 3.8) is 0 Å². The number of rotatable bonds is 4. The van der Waals surface area contributed by atoms with E-state index < -0.39 is 0 Å². The molecule has 200 valence electrons. The monoisotopic (exact) mass is 536 g/mol. The molecule has 0 fully saturated rings. The molecule has 8 aromatic rings. The molecule has 0 saturated heterocycles. The minimum absolute atomic E-state index is 0.556. The Morgan fingerprint density at radius 3 is 1.52 bits per heavy atom. The average Bonchev–Trinajstić information content (AvgIpc) is 3.03. The fourth-order valence-electron chi connectivity index (χ4n) is 7.17. The summed E-state index contributed by atoms with van der Waals surface area (Å²) in [6.07, 6.45) is 1.05. The van der Waals surface area contributed by atoms with Crippen LogP contribution in [-0.4, -0.2) is 0 Å². The van der Waals surface area contributed by atoms with E-state index in [9.17, 15) is 0 Å². The van der Waals surface area contributed by atoms with Gasteiger partial charge in [0.2, 0.25) is 0 Å². The lowest BCUT2D eigenvalue weighted by Gasteiger charge is -2.21. The molecule has 42 heavy (non-hydrogen) atoms. The van der Waals surface area contributed by atoms with Crippen LogP contribution in [0.15, 0.2) is 140 Å². The summed E-state index contributed by atoms with van der Waals surface area (Å²) in [6, 6.07) is 51.7. The van der Waals surface area contributed by atoms with Crippen LogP contribution < -0.4 is 0 Å². The van der Waals surface area contributed by atoms with Gasteiger partial charge < -0.3 is 0 Å². The zero-order valence-electron chi connectivity index (χ0n) is 24.1. The molecular weight excluding hydrogens is 504 g/mol. The minimum Gasteiger partial charge on any atom is -0.0625 e. The van der Waals surface area contributed by atoms with Crippen molar-refractivity contribution >= 4 is 53.9 Å². The summed E-state index contributed by atoms with van der Waals surface area (Å²) in [5.41, 5.74) is 6.65. The average molecular weight is 537 g/mol. The van der Waals surface area contributed by atoms with Crippen molar-refractivity contribution in [1.82, 2.24) is 0 Å². The quantitative estimate of drug-likeness (QED) is 0.155. The summed E-state index contributed by atoms with van der Waals surface area (Å²) < 4.78 is 0. The lowest BCUT2D eigenvalue weighted by atomic mass is 9.82. The minimum atomic E-state index is 0.556. The van der Waals surface area contributed by atoms with E-state index in [-0.39, 0.29) is 0 Å². The van der Waals surface area contributed by atoms with Crippen LogP contribution in [0.1, 0.15) is 19.4 Å². The highest BCUT2D eigenvalue weighted by molar-refractivity contribution is 6.26. The molecule has 0 spiro atoms. The third-order valence-electron chi connectivity index (χ3n) is 8.87. The number of hydrogen-bond donors (Lipinski definition) is 0. The second-order valence-corrected chi connectivity index (χ2v) is 11.9. The van der Waals surface area contributed by atoms with Gasteiger partial charge >= 0.3 is 0 Å². The summed E-state index contributed by atoms with van der Waals surface area (Å²) in [7, 11) is 0. The maximum Gasteiger partial charge on any atom is -0.00199 e. The van der Waals surface area contributed by atoms with E-state index in [0.717, 1.165) is 6.42 Å². The Kier molecular flexibility index (Phi) is 5.83. The molecule has 0 heterocycles. The summed E-state index contributed by atoms with van der Waals surface area (Å²) in [5, 5.41) is 13.2. The smallest absolute Gasteiger partial charge is 0.00199 e. The molecule has 0 saturated carbocycles. The van der Waals surface area contributed by atoms with Gasteiger partial charge in [0, 0.05) is 0 Å². The van der Waals surface area contributed by atoms with Crippen molar-refractivity contribution in [2.24, 2.45) is 5.92 Å². The van der Waals surface area contributed by atoms with Gasteiger partial charge in [0.25, 0.3) is 0 Å². The van der Waals surface area contributed by atoms with Gasteiger partial charge in [0.15, 0.2) is 0 Å². The molecule has 0 bridgehead atoms. The normalized spacial score (nSPS) is 11.9. The predicted molar refractivity (Wildman–Crippen MR) is 183 cm³/mol. The van der Waals surface area contributed by atoms with Gasteiger partial charge in [0.05, 0.1) is 0 Å². The van der Waals surface area contributed by atoms with Crippen molar-refractivity contribution in [2.75, 3.05) is 0 Å². The molecule has 0 aliphatic carbocycles. The fourth-order valence-corrected chi connectivity index (χ4v) is 7.17. The van der Waals surface area contributed by atoms with Crippen molar-refractivity contribution in [2.45, 2.75) is 20.3 Å². The Hall–Kier alpha value is -4.94. The Morgan fingerprint density at radius 1 is 0.405 bits per heavy atom. The van der Waals surface area contributed by atoms with E-state index >= 15 is 0 Å². The predicted octanol–water partition coefficient (Wildman–Crippen LogP) is 12.0. The van der Waals surface area contributed by atoms with Crippen LogP contribution in [0.5, 0.6) is 0 Å². The third-order valence-corrected chi connectivity index (χ3v) is 8.87. The van der Waals surface area contributed by atoms with E-state index in [1.54, 1.807) is 0 Å². The highest BCUT2D eigenvalue weighted by Gasteiger charge is 2.20. The Labute approximate surface area is 246 Å². The molecule has 8 aromatic carbocycles. The van der Waals surface area contributed by atoms with E-state index in [1.165, 1.54) is 81.7 Å². The second-order valence-electron chi connectivity index (χ2n) is 11.9. The molecule has 0 unspecified atom stereocenters. The highest BCUT2D eigenvalue weighted by Crippen LogP contribution is 2.47. The van der Waals surface area contributed by atoms with Crippen molar-refractivity contribution < 1.29 is 0 Å². The first-order chi connectivity index (χ1) is 20.7.